The zero-order chi connectivity index (χ0) is 19.9. The minimum absolute atomic E-state index is 0.195. The van der Waals surface area contributed by atoms with Crippen molar-refractivity contribution in [2.45, 2.75) is 13.2 Å². The van der Waals surface area contributed by atoms with Crippen LogP contribution in [0.4, 0.5) is 5.69 Å². The average molecular weight is 398 g/mol. The van der Waals surface area contributed by atoms with Gasteiger partial charge in [-0.1, -0.05) is 41.9 Å². The molecule has 5 nitrogen and oxygen atoms in total. The molecule has 0 aliphatic heterocycles. The summed E-state index contributed by atoms with van der Waals surface area (Å²) in [6.07, 6.45) is 0. The molecule has 0 bridgehead atoms. The fourth-order valence-corrected chi connectivity index (χ4v) is 2.89. The first-order valence-electron chi connectivity index (χ1n) is 8.67. The van der Waals surface area contributed by atoms with Crippen LogP contribution in [0.25, 0.3) is 0 Å². The van der Waals surface area contributed by atoms with Crippen LogP contribution in [-0.2, 0) is 13.2 Å². The molecule has 0 heterocycles. The molecule has 0 saturated carbocycles. The van der Waals surface area contributed by atoms with Crippen molar-refractivity contribution < 1.29 is 19.4 Å². The molecule has 3 rings (SSSR count). The van der Waals surface area contributed by atoms with Crippen molar-refractivity contribution in [3.63, 3.8) is 0 Å². The molecule has 3 aromatic carbocycles. The number of carboxylic acids is 1. The Bertz CT molecular complexity index is 974. The molecule has 0 atom stereocenters. The van der Waals surface area contributed by atoms with Gasteiger partial charge in [-0.25, -0.2) is 4.79 Å². The van der Waals surface area contributed by atoms with Crippen LogP contribution in [0, 0.1) is 0 Å². The number of carboxylic acid groups (broad SMARTS) is 1. The Morgan fingerprint density at radius 2 is 1.89 bits per heavy atom. The van der Waals surface area contributed by atoms with Crippen LogP contribution in [0.3, 0.4) is 0 Å². The van der Waals surface area contributed by atoms with E-state index < -0.39 is 5.97 Å². The van der Waals surface area contributed by atoms with E-state index in [4.69, 9.17) is 21.1 Å². The van der Waals surface area contributed by atoms with Crippen LogP contribution in [0.5, 0.6) is 11.5 Å². The molecule has 2 N–H and O–H groups in total. The van der Waals surface area contributed by atoms with E-state index in [0.717, 1.165) is 16.9 Å². The summed E-state index contributed by atoms with van der Waals surface area (Å²) in [5, 5.41) is 13.1. The number of anilines is 1. The first-order chi connectivity index (χ1) is 13.6. The van der Waals surface area contributed by atoms with Gasteiger partial charge >= 0.3 is 5.97 Å². The second kappa shape index (κ2) is 9.15. The molecule has 0 amide bonds. The summed E-state index contributed by atoms with van der Waals surface area (Å²) in [6, 6.07) is 19.9. The molecular weight excluding hydrogens is 378 g/mol. The number of halogens is 1. The fraction of sp³-hybridized carbons (Fsp3) is 0.136. The lowest BCUT2D eigenvalue weighted by molar-refractivity contribution is 0.0697. The highest BCUT2D eigenvalue weighted by molar-refractivity contribution is 6.31. The third kappa shape index (κ3) is 4.96. The topological polar surface area (TPSA) is 67.8 Å². The number of aromatic carboxylic acids is 1. The van der Waals surface area contributed by atoms with Gasteiger partial charge in [-0.2, -0.15) is 0 Å². The summed E-state index contributed by atoms with van der Waals surface area (Å²) in [6.45, 7) is 0.869. The lowest BCUT2D eigenvalue weighted by atomic mass is 10.1. The normalized spacial score (nSPS) is 10.4. The summed E-state index contributed by atoms with van der Waals surface area (Å²) < 4.78 is 11.1. The van der Waals surface area contributed by atoms with E-state index in [1.165, 1.54) is 6.07 Å². The third-order valence-corrected chi connectivity index (χ3v) is 4.55. The Balaban J connectivity index is 1.67. The van der Waals surface area contributed by atoms with Crippen LogP contribution >= 0.6 is 11.6 Å². The van der Waals surface area contributed by atoms with E-state index in [-0.39, 0.29) is 5.56 Å². The van der Waals surface area contributed by atoms with Gasteiger partial charge < -0.3 is 19.9 Å². The average Bonchev–Trinajstić information content (AvgIpc) is 2.71. The van der Waals surface area contributed by atoms with E-state index >= 15 is 0 Å². The molecule has 144 valence electrons. The van der Waals surface area contributed by atoms with Gasteiger partial charge in [0.05, 0.1) is 18.4 Å². The van der Waals surface area contributed by atoms with Gasteiger partial charge in [0.25, 0.3) is 0 Å². The SMILES string of the molecule is COc1ccc(C(=O)O)cc1NCc1cccc(OCc2ccccc2Cl)c1. The summed E-state index contributed by atoms with van der Waals surface area (Å²) in [7, 11) is 1.55. The number of hydrogen-bond acceptors (Lipinski definition) is 4. The maximum atomic E-state index is 11.2. The molecule has 0 aromatic heterocycles. The van der Waals surface area contributed by atoms with Gasteiger partial charge in [0.1, 0.15) is 18.1 Å². The lowest BCUT2D eigenvalue weighted by Crippen LogP contribution is -2.04. The molecule has 0 aliphatic rings. The molecule has 28 heavy (non-hydrogen) atoms. The van der Waals surface area contributed by atoms with Crippen molar-refractivity contribution in [3.05, 3.63) is 88.4 Å². The molecule has 6 heteroatoms. The van der Waals surface area contributed by atoms with Gasteiger partial charge in [-0.15, -0.1) is 0 Å². The van der Waals surface area contributed by atoms with E-state index in [0.29, 0.717) is 29.6 Å². The minimum atomic E-state index is -0.985. The summed E-state index contributed by atoms with van der Waals surface area (Å²) in [5.41, 5.74) is 2.72. The maximum Gasteiger partial charge on any atom is 0.335 e. The number of nitrogens with one attached hydrogen (secondary N) is 1. The van der Waals surface area contributed by atoms with Crippen LogP contribution in [0.2, 0.25) is 5.02 Å². The highest BCUT2D eigenvalue weighted by atomic mass is 35.5. The monoisotopic (exact) mass is 397 g/mol. The second-order valence-corrected chi connectivity index (χ2v) is 6.51. The number of rotatable bonds is 8. The summed E-state index contributed by atoms with van der Waals surface area (Å²) >= 11 is 6.16. The van der Waals surface area contributed by atoms with E-state index in [9.17, 15) is 9.90 Å². The van der Waals surface area contributed by atoms with Gasteiger partial charge in [0.2, 0.25) is 0 Å². The molecule has 3 aromatic rings. The van der Waals surface area contributed by atoms with Crippen molar-refractivity contribution in [2.24, 2.45) is 0 Å². The van der Waals surface area contributed by atoms with E-state index in [1.807, 2.05) is 48.5 Å². The van der Waals surface area contributed by atoms with Crippen molar-refractivity contribution >= 4 is 23.3 Å². The minimum Gasteiger partial charge on any atom is -0.495 e. The molecule has 0 radical (unpaired) electrons. The predicted octanol–water partition coefficient (Wildman–Crippen LogP) is 5.24. The number of benzene rings is 3. The molecule has 0 saturated heterocycles. The fourth-order valence-electron chi connectivity index (χ4n) is 2.70. The highest BCUT2D eigenvalue weighted by Gasteiger charge is 2.09. The lowest BCUT2D eigenvalue weighted by Gasteiger charge is -2.13. The smallest absolute Gasteiger partial charge is 0.335 e. The second-order valence-electron chi connectivity index (χ2n) is 6.10. The summed E-state index contributed by atoms with van der Waals surface area (Å²) in [5.74, 6) is 0.322. The number of methoxy groups -OCH3 is 1. The largest absolute Gasteiger partial charge is 0.495 e. The van der Waals surface area contributed by atoms with Crippen LogP contribution in [-0.4, -0.2) is 18.2 Å². The van der Waals surface area contributed by atoms with E-state index in [2.05, 4.69) is 5.32 Å². The molecule has 0 aliphatic carbocycles. The van der Waals surface area contributed by atoms with Gasteiger partial charge in [0, 0.05) is 17.1 Å². The Labute approximate surface area is 168 Å². The molecule has 0 unspecified atom stereocenters. The molecule has 0 fully saturated rings. The first-order valence-corrected chi connectivity index (χ1v) is 9.05. The van der Waals surface area contributed by atoms with Crippen molar-refractivity contribution in [1.29, 1.82) is 0 Å². The van der Waals surface area contributed by atoms with Gasteiger partial charge in [-0.3, -0.25) is 0 Å². The van der Waals surface area contributed by atoms with Gasteiger partial charge in [-0.05, 0) is 42.0 Å². The quantitative estimate of drug-likeness (QED) is 0.544. The van der Waals surface area contributed by atoms with E-state index in [1.54, 1.807) is 19.2 Å². The zero-order valence-corrected chi connectivity index (χ0v) is 16.1. The first kappa shape index (κ1) is 19.6. The predicted molar refractivity (Wildman–Crippen MR) is 110 cm³/mol. The molecule has 0 spiro atoms. The number of ether oxygens (including phenoxy) is 2. The van der Waals surface area contributed by atoms with Crippen LogP contribution < -0.4 is 14.8 Å². The maximum absolute atomic E-state index is 11.2. The Morgan fingerprint density at radius 3 is 2.64 bits per heavy atom. The van der Waals surface area contributed by atoms with Crippen molar-refractivity contribution in [2.75, 3.05) is 12.4 Å². The highest BCUT2D eigenvalue weighted by Crippen LogP contribution is 2.27. The number of hydrogen-bond donors (Lipinski definition) is 2. The number of carbonyl (C=O) groups is 1. The van der Waals surface area contributed by atoms with Crippen molar-refractivity contribution in [3.8, 4) is 11.5 Å². The Morgan fingerprint density at radius 1 is 1.07 bits per heavy atom. The Hall–Kier alpha value is -3.18. The Kier molecular flexibility index (Phi) is 6.40. The van der Waals surface area contributed by atoms with Crippen molar-refractivity contribution in [1.82, 2.24) is 0 Å². The molecular formula is C22H20ClNO4. The standard InChI is InChI=1S/C22H20ClNO4/c1-27-21-10-9-16(22(25)26)12-20(21)24-13-15-5-4-7-18(11-15)28-14-17-6-2-3-8-19(17)23/h2-12,24H,13-14H2,1H3,(H,25,26). The zero-order valence-electron chi connectivity index (χ0n) is 15.3. The van der Waals surface area contributed by atoms with Crippen LogP contribution in [0.1, 0.15) is 21.5 Å². The summed E-state index contributed by atoms with van der Waals surface area (Å²) in [4.78, 5) is 11.2. The van der Waals surface area contributed by atoms with Gasteiger partial charge in [0.15, 0.2) is 0 Å². The van der Waals surface area contributed by atoms with Crippen LogP contribution in [0.15, 0.2) is 66.7 Å². The third-order valence-electron chi connectivity index (χ3n) is 4.18.